The number of H-pyrrole nitrogens is 2. The minimum absolute atomic E-state index is 0.0179. The number of hydrogen-bond donors (Lipinski definition) is 8. The van der Waals surface area contributed by atoms with Crippen LogP contribution in [-0.4, -0.2) is 74.6 Å². The monoisotopic (exact) mass is 548 g/mol. The van der Waals surface area contributed by atoms with Gasteiger partial charge in [-0.2, -0.15) is 0 Å². The second-order valence-electron chi connectivity index (χ2n) is 9.64. The fourth-order valence-corrected chi connectivity index (χ4v) is 4.54. The maximum absolute atomic E-state index is 12.9. The number of aliphatic hydroxyl groups excluding tert-OH is 1. The highest BCUT2D eigenvalue weighted by molar-refractivity contribution is 5.93. The Bertz CT molecular complexity index is 1530. The van der Waals surface area contributed by atoms with Crippen molar-refractivity contribution in [2.45, 2.75) is 44.0 Å². The number of hydrogen-bond acceptors (Lipinski definition) is 6. The van der Waals surface area contributed by atoms with E-state index in [1.807, 2.05) is 48.5 Å². The molecule has 2 aromatic heterocycles. The molecule has 9 N–H and O–H groups in total. The zero-order valence-corrected chi connectivity index (χ0v) is 21.8. The molecule has 4 unspecified atom stereocenters. The molecule has 4 atom stereocenters. The van der Waals surface area contributed by atoms with Crippen molar-refractivity contribution in [2.75, 3.05) is 6.54 Å². The van der Waals surface area contributed by atoms with Crippen LogP contribution in [0.25, 0.3) is 21.8 Å². The quantitative estimate of drug-likeness (QED) is 0.124. The molecule has 0 aliphatic rings. The van der Waals surface area contributed by atoms with Crippen LogP contribution in [0, 0.1) is 0 Å². The summed E-state index contributed by atoms with van der Waals surface area (Å²) in [7, 11) is 0. The normalized spacial score (nSPS) is 14.3. The van der Waals surface area contributed by atoms with Gasteiger partial charge >= 0.3 is 5.97 Å². The van der Waals surface area contributed by atoms with Gasteiger partial charge in [-0.05, 0) is 36.6 Å². The molecular weight excluding hydrogens is 516 g/mol. The molecule has 0 saturated heterocycles. The van der Waals surface area contributed by atoms with E-state index in [1.165, 1.54) is 6.92 Å². The Kier molecular flexibility index (Phi) is 8.82. The van der Waals surface area contributed by atoms with Crippen molar-refractivity contribution in [3.8, 4) is 0 Å². The Labute approximate surface area is 229 Å². The summed E-state index contributed by atoms with van der Waals surface area (Å²) >= 11 is 0. The molecule has 0 aliphatic carbocycles. The molecule has 4 aromatic rings. The second kappa shape index (κ2) is 12.5. The van der Waals surface area contributed by atoms with Gasteiger partial charge in [-0.1, -0.05) is 36.4 Å². The minimum Gasteiger partial charge on any atom is -0.480 e. The average molecular weight is 549 g/mol. The van der Waals surface area contributed by atoms with Crippen molar-refractivity contribution in [3.05, 3.63) is 72.1 Å². The van der Waals surface area contributed by atoms with E-state index in [4.69, 9.17) is 5.73 Å². The molecule has 3 amide bonds. The van der Waals surface area contributed by atoms with Crippen LogP contribution in [0.2, 0.25) is 0 Å². The number of rotatable bonds is 12. The van der Waals surface area contributed by atoms with E-state index in [0.29, 0.717) is 5.56 Å². The Morgan fingerprint density at radius 2 is 1.40 bits per heavy atom. The predicted molar refractivity (Wildman–Crippen MR) is 148 cm³/mol. The summed E-state index contributed by atoms with van der Waals surface area (Å²) in [6, 6.07) is 11.2. The molecule has 12 heteroatoms. The van der Waals surface area contributed by atoms with Gasteiger partial charge in [-0.3, -0.25) is 14.4 Å². The van der Waals surface area contributed by atoms with Crippen LogP contribution in [0.3, 0.4) is 0 Å². The van der Waals surface area contributed by atoms with E-state index in [-0.39, 0.29) is 12.8 Å². The first-order chi connectivity index (χ1) is 19.1. The minimum atomic E-state index is -1.45. The number of para-hydroxylation sites is 2. The van der Waals surface area contributed by atoms with Gasteiger partial charge < -0.3 is 41.9 Å². The Balaban J connectivity index is 1.31. The zero-order valence-electron chi connectivity index (χ0n) is 21.8. The van der Waals surface area contributed by atoms with Crippen molar-refractivity contribution >= 4 is 45.5 Å². The number of aliphatic hydroxyl groups is 1. The molecule has 210 valence electrons. The number of carboxylic acids is 1. The molecule has 2 heterocycles. The van der Waals surface area contributed by atoms with Crippen molar-refractivity contribution in [2.24, 2.45) is 5.73 Å². The lowest BCUT2D eigenvalue weighted by Crippen LogP contribution is -2.57. The molecule has 4 rings (SSSR count). The summed E-state index contributed by atoms with van der Waals surface area (Å²) in [5.41, 5.74) is 9.32. The number of nitrogens with one attached hydrogen (secondary N) is 5. The lowest BCUT2D eigenvalue weighted by molar-refractivity contribution is -0.142. The number of amides is 3. The Morgan fingerprint density at radius 1 is 0.850 bits per heavy atom. The van der Waals surface area contributed by atoms with Crippen LogP contribution >= 0.6 is 0 Å². The number of benzene rings is 2. The third-order valence-electron chi connectivity index (χ3n) is 6.67. The van der Waals surface area contributed by atoms with Gasteiger partial charge in [0.1, 0.15) is 12.1 Å². The van der Waals surface area contributed by atoms with Gasteiger partial charge in [0.25, 0.3) is 0 Å². The predicted octanol–water partition coefficient (Wildman–Crippen LogP) is 0.313. The van der Waals surface area contributed by atoms with Gasteiger partial charge in [-0.15, -0.1) is 0 Å². The summed E-state index contributed by atoms with van der Waals surface area (Å²) in [6.45, 7) is 0.796. The second-order valence-corrected chi connectivity index (χ2v) is 9.64. The van der Waals surface area contributed by atoms with Crippen LogP contribution in [0.4, 0.5) is 0 Å². The number of aliphatic carboxylic acids is 1. The number of carbonyl (C=O) groups is 4. The Hall–Kier alpha value is -4.68. The van der Waals surface area contributed by atoms with E-state index in [9.17, 15) is 29.4 Å². The van der Waals surface area contributed by atoms with E-state index in [0.717, 1.165) is 27.4 Å². The van der Waals surface area contributed by atoms with E-state index < -0.39 is 54.5 Å². The maximum atomic E-state index is 12.9. The summed E-state index contributed by atoms with van der Waals surface area (Å²) in [6.07, 6.45) is 2.33. The van der Waals surface area contributed by atoms with Crippen LogP contribution in [-0.2, 0) is 32.0 Å². The fraction of sp³-hybridized carbons (Fsp3) is 0.286. The number of fused-ring (bicyclic) bond motifs is 2. The molecule has 0 fully saturated rings. The lowest BCUT2D eigenvalue weighted by Gasteiger charge is -2.23. The standard InChI is InChI=1S/C28H32N6O6/c1-15(35)25(27(38)33-23(28(39)40)11-17-13-31-22-9-5-3-7-19(17)22)34-24(36)14-32-26(37)20(29)10-16-12-30-21-8-4-2-6-18(16)21/h2-9,12-13,15,20,23,25,30-31,35H,10-11,14,29H2,1H3,(H,32,37)(H,33,38)(H,34,36)(H,39,40). The lowest BCUT2D eigenvalue weighted by atomic mass is 10.0. The van der Waals surface area contributed by atoms with Gasteiger partial charge in [0.15, 0.2) is 0 Å². The number of carboxylic acid groups (broad SMARTS) is 1. The van der Waals surface area contributed by atoms with Crippen molar-refractivity contribution in [1.29, 1.82) is 0 Å². The topological polar surface area (TPSA) is 202 Å². The van der Waals surface area contributed by atoms with E-state index >= 15 is 0 Å². The van der Waals surface area contributed by atoms with Crippen LogP contribution in [0.1, 0.15) is 18.1 Å². The Morgan fingerprint density at radius 3 is 1.95 bits per heavy atom. The van der Waals surface area contributed by atoms with Gasteiger partial charge in [-0.25, -0.2) is 4.79 Å². The molecule has 0 spiro atoms. The molecular formula is C28H32N6O6. The van der Waals surface area contributed by atoms with Crippen LogP contribution < -0.4 is 21.7 Å². The highest BCUT2D eigenvalue weighted by atomic mass is 16.4. The first kappa shape index (κ1) is 28.3. The largest absolute Gasteiger partial charge is 0.480 e. The fourth-order valence-electron chi connectivity index (χ4n) is 4.54. The highest BCUT2D eigenvalue weighted by Gasteiger charge is 2.30. The summed E-state index contributed by atoms with van der Waals surface area (Å²) in [5, 5.41) is 28.8. The molecule has 12 nitrogen and oxygen atoms in total. The molecule has 0 aliphatic heterocycles. The van der Waals surface area contributed by atoms with Gasteiger partial charge in [0.2, 0.25) is 17.7 Å². The maximum Gasteiger partial charge on any atom is 0.326 e. The summed E-state index contributed by atoms with van der Waals surface area (Å²) in [5.74, 6) is -3.47. The van der Waals surface area contributed by atoms with E-state index in [2.05, 4.69) is 25.9 Å². The van der Waals surface area contributed by atoms with Crippen LogP contribution in [0.15, 0.2) is 60.9 Å². The van der Waals surface area contributed by atoms with Gasteiger partial charge in [0.05, 0.1) is 18.7 Å². The summed E-state index contributed by atoms with van der Waals surface area (Å²) < 4.78 is 0. The molecule has 0 saturated carbocycles. The summed E-state index contributed by atoms with van der Waals surface area (Å²) in [4.78, 5) is 56.0. The van der Waals surface area contributed by atoms with Crippen molar-refractivity contribution < 1.29 is 29.4 Å². The number of aromatic amines is 2. The molecule has 0 radical (unpaired) electrons. The van der Waals surface area contributed by atoms with Crippen LogP contribution in [0.5, 0.6) is 0 Å². The number of aromatic nitrogens is 2. The third-order valence-corrected chi connectivity index (χ3v) is 6.67. The number of carbonyl (C=O) groups excluding carboxylic acids is 3. The smallest absolute Gasteiger partial charge is 0.326 e. The first-order valence-electron chi connectivity index (χ1n) is 12.8. The molecule has 2 aromatic carbocycles. The number of nitrogens with two attached hydrogens (primary N) is 1. The van der Waals surface area contributed by atoms with Crippen molar-refractivity contribution in [1.82, 2.24) is 25.9 Å². The van der Waals surface area contributed by atoms with E-state index in [1.54, 1.807) is 12.4 Å². The average Bonchev–Trinajstić information content (AvgIpc) is 3.53. The zero-order chi connectivity index (χ0) is 28.8. The molecule has 40 heavy (non-hydrogen) atoms. The molecule has 0 bridgehead atoms. The third kappa shape index (κ3) is 6.65. The highest BCUT2D eigenvalue weighted by Crippen LogP contribution is 2.20. The first-order valence-corrected chi connectivity index (χ1v) is 12.8. The van der Waals surface area contributed by atoms with Gasteiger partial charge in [0, 0.05) is 40.6 Å². The SMILES string of the molecule is CC(O)C(NC(=O)CNC(=O)C(N)Cc1c[nH]c2ccccc12)C(=O)NC(Cc1c[nH]c2ccccc12)C(=O)O. The van der Waals surface area contributed by atoms with Crippen molar-refractivity contribution in [3.63, 3.8) is 0 Å².